The van der Waals surface area contributed by atoms with Crippen molar-refractivity contribution in [3.63, 3.8) is 0 Å². The molecule has 0 saturated carbocycles. The van der Waals surface area contributed by atoms with E-state index in [-0.39, 0.29) is 0 Å². The Morgan fingerprint density at radius 2 is 2.18 bits per heavy atom. The number of aromatic nitrogens is 1. The molecule has 0 spiro atoms. The van der Waals surface area contributed by atoms with Crippen molar-refractivity contribution < 1.29 is 4.42 Å². The molecule has 0 amide bonds. The first-order valence-corrected chi connectivity index (χ1v) is 5.68. The van der Waals surface area contributed by atoms with E-state index in [4.69, 9.17) is 10.2 Å². The minimum atomic E-state index is 0.477. The van der Waals surface area contributed by atoms with Crippen LogP contribution in [0.3, 0.4) is 0 Å². The fraction of sp³-hybridized carbons (Fsp3) is 0.308. The highest BCUT2D eigenvalue weighted by molar-refractivity contribution is 5.16. The molecule has 2 heterocycles. The van der Waals surface area contributed by atoms with Gasteiger partial charge in [0.1, 0.15) is 11.5 Å². The Morgan fingerprint density at radius 3 is 2.88 bits per heavy atom. The molecule has 90 valence electrons. The third-order valence-electron chi connectivity index (χ3n) is 2.51. The molecule has 0 aliphatic rings. The Labute approximate surface area is 101 Å². The van der Waals surface area contributed by atoms with E-state index in [9.17, 15) is 0 Å². The smallest absolute Gasteiger partial charge is 0.117 e. The van der Waals surface area contributed by atoms with E-state index in [1.54, 1.807) is 6.20 Å². The minimum Gasteiger partial charge on any atom is -0.465 e. The zero-order valence-electron chi connectivity index (χ0n) is 9.94. The average molecular weight is 231 g/mol. The van der Waals surface area contributed by atoms with Crippen molar-refractivity contribution in [1.82, 2.24) is 10.3 Å². The van der Waals surface area contributed by atoms with E-state index in [1.165, 1.54) is 5.56 Å². The summed E-state index contributed by atoms with van der Waals surface area (Å²) in [5.41, 5.74) is 7.64. The Morgan fingerprint density at radius 1 is 1.29 bits per heavy atom. The molecule has 0 atom stereocenters. The summed E-state index contributed by atoms with van der Waals surface area (Å²) in [4.78, 5) is 4.16. The number of hydrogen-bond donors (Lipinski definition) is 2. The van der Waals surface area contributed by atoms with Crippen molar-refractivity contribution in [1.29, 1.82) is 0 Å². The summed E-state index contributed by atoms with van der Waals surface area (Å²) in [5.74, 6) is 1.90. The van der Waals surface area contributed by atoms with Gasteiger partial charge in [-0.1, -0.05) is 0 Å². The Kier molecular flexibility index (Phi) is 3.90. The summed E-state index contributed by atoms with van der Waals surface area (Å²) < 4.78 is 5.47. The molecule has 0 aromatic carbocycles. The standard InChI is InChI=1S/C13H17N3O/c1-10-2-3-13(17-10)9-15-8-11-4-5-16-12(6-11)7-14/h2-6,15H,7-9,14H2,1H3. The summed E-state index contributed by atoms with van der Waals surface area (Å²) in [7, 11) is 0. The van der Waals surface area contributed by atoms with E-state index >= 15 is 0 Å². The predicted molar refractivity (Wildman–Crippen MR) is 66.1 cm³/mol. The van der Waals surface area contributed by atoms with Crippen LogP contribution in [-0.2, 0) is 19.6 Å². The topological polar surface area (TPSA) is 64.1 Å². The van der Waals surface area contributed by atoms with Gasteiger partial charge in [-0.25, -0.2) is 0 Å². The molecule has 0 radical (unpaired) electrons. The summed E-state index contributed by atoms with van der Waals surface area (Å²) in [5, 5.41) is 3.32. The third kappa shape index (κ3) is 3.41. The number of nitrogens with two attached hydrogens (primary N) is 1. The van der Waals surface area contributed by atoms with E-state index in [0.29, 0.717) is 6.54 Å². The van der Waals surface area contributed by atoms with Crippen molar-refractivity contribution in [3.05, 3.63) is 53.2 Å². The van der Waals surface area contributed by atoms with Gasteiger partial charge in [0, 0.05) is 19.3 Å². The summed E-state index contributed by atoms with van der Waals surface area (Å²) in [6.07, 6.45) is 1.79. The first-order valence-electron chi connectivity index (χ1n) is 5.68. The predicted octanol–water partition coefficient (Wildman–Crippen LogP) is 1.73. The number of nitrogens with zero attached hydrogens (tertiary/aromatic N) is 1. The van der Waals surface area contributed by atoms with Crippen LogP contribution in [0.25, 0.3) is 0 Å². The minimum absolute atomic E-state index is 0.477. The molecule has 0 aliphatic heterocycles. The van der Waals surface area contributed by atoms with Gasteiger partial charge in [-0.05, 0) is 36.8 Å². The quantitative estimate of drug-likeness (QED) is 0.822. The van der Waals surface area contributed by atoms with E-state index in [0.717, 1.165) is 30.3 Å². The molecule has 0 bridgehead atoms. The van der Waals surface area contributed by atoms with Gasteiger partial charge in [0.25, 0.3) is 0 Å². The second-order valence-electron chi connectivity index (χ2n) is 3.98. The zero-order valence-corrected chi connectivity index (χ0v) is 9.94. The molecule has 0 aliphatic carbocycles. The first kappa shape index (κ1) is 11.8. The van der Waals surface area contributed by atoms with Gasteiger partial charge in [0.2, 0.25) is 0 Å². The maximum absolute atomic E-state index is 5.54. The molecule has 2 aromatic rings. The van der Waals surface area contributed by atoms with Gasteiger partial charge in [-0.15, -0.1) is 0 Å². The van der Waals surface area contributed by atoms with Crippen LogP contribution in [0.1, 0.15) is 22.8 Å². The van der Waals surface area contributed by atoms with Crippen molar-refractivity contribution in [2.24, 2.45) is 5.73 Å². The lowest BCUT2D eigenvalue weighted by molar-refractivity contribution is 0.461. The second-order valence-corrected chi connectivity index (χ2v) is 3.98. The van der Waals surface area contributed by atoms with Crippen LogP contribution in [0.15, 0.2) is 34.9 Å². The molecule has 2 rings (SSSR count). The van der Waals surface area contributed by atoms with Crippen LogP contribution in [0.4, 0.5) is 0 Å². The molecule has 0 unspecified atom stereocenters. The summed E-state index contributed by atoms with van der Waals surface area (Å²) in [6.45, 7) is 3.94. The number of pyridine rings is 1. The van der Waals surface area contributed by atoms with Gasteiger partial charge >= 0.3 is 0 Å². The van der Waals surface area contributed by atoms with Crippen LogP contribution >= 0.6 is 0 Å². The lowest BCUT2D eigenvalue weighted by Gasteiger charge is -2.04. The van der Waals surface area contributed by atoms with Crippen LogP contribution in [0.5, 0.6) is 0 Å². The maximum atomic E-state index is 5.54. The molecule has 2 aromatic heterocycles. The fourth-order valence-corrected chi connectivity index (χ4v) is 1.66. The second kappa shape index (κ2) is 5.61. The molecular formula is C13H17N3O. The van der Waals surface area contributed by atoms with Crippen molar-refractivity contribution in [2.75, 3.05) is 0 Å². The normalized spacial score (nSPS) is 10.7. The molecule has 4 nitrogen and oxygen atoms in total. The molecule has 4 heteroatoms. The Bertz CT molecular complexity index is 479. The highest BCUT2D eigenvalue weighted by Crippen LogP contribution is 2.06. The summed E-state index contributed by atoms with van der Waals surface area (Å²) in [6, 6.07) is 7.95. The highest BCUT2D eigenvalue weighted by atomic mass is 16.3. The lowest BCUT2D eigenvalue weighted by atomic mass is 10.2. The van der Waals surface area contributed by atoms with Gasteiger partial charge < -0.3 is 15.5 Å². The van der Waals surface area contributed by atoms with Crippen LogP contribution in [-0.4, -0.2) is 4.98 Å². The molecular weight excluding hydrogens is 214 g/mol. The highest BCUT2D eigenvalue weighted by Gasteiger charge is 1.99. The first-order chi connectivity index (χ1) is 8.28. The van der Waals surface area contributed by atoms with E-state index < -0.39 is 0 Å². The van der Waals surface area contributed by atoms with Crippen LogP contribution in [0, 0.1) is 6.92 Å². The van der Waals surface area contributed by atoms with E-state index in [2.05, 4.69) is 10.3 Å². The summed E-state index contributed by atoms with van der Waals surface area (Å²) >= 11 is 0. The van der Waals surface area contributed by atoms with Crippen molar-refractivity contribution in [2.45, 2.75) is 26.6 Å². The number of rotatable bonds is 5. The molecule has 3 N–H and O–H groups in total. The van der Waals surface area contributed by atoms with Crippen LogP contribution in [0.2, 0.25) is 0 Å². The zero-order chi connectivity index (χ0) is 12.1. The maximum Gasteiger partial charge on any atom is 0.117 e. The number of aryl methyl sites for hydroxylation is 1. The van der Waals surface area contributed by atoms with Gasteiger partial charge in [-0.2, -0.15) is 0 Å². The van der Waals surface area contributed by atoms with Crippen LogP contribution < -0.4 is 11.1 Å². The molecule has 17 heavy (non-hydrogen) atoms. The largest absolute Gasteiger partial charge is 0.465 e. The number of hydrogen-bond acceptors (Lipinski definition) is 4. The Hall–Kier alpha value is -1.65. The SMILES string of the molecule is Cc1ccc(CNCc2ccnc(CN)c2)o1. The van der Waals surface area contributed by atoms with Gasteiger partial charge in [-0.3, -0.25) is 4.98 Å². The fourth-order valence-electron chi connectivity index (χ4n) is 1.66. The number of furan rings is 1. The van der Waals surface area contributed by atoms with Gasteiger partial charge in [0.05, 0.1) is 12.2 Å². The number of nitrogens with one attached hydrogen (secondary N) is 1. The molecule has 0 saturated heterocycles. The average Bonchev–Trinajstić information content (AvgIpc) is 2.75. The Balaban J connectivity index is 1.85. The van der Waals surface area contributed by atoms with Crippen molar-refractivity contribution >= 4 is 0 Å². The van der Waals surface area contributed by atoms with Crippen molar-refractivity contribution in [3.8, 4) is 0 Å². The van der Waals surface area contributed by atoms with E-state index in [1.807, 2.05) is 31.2 Å². The lowest BCUT2D eigenvalue weighted by Crippen LogP contribution is -2.12. The monoisotopic (exact) mass is 231 g/mol. The molecule has 0 fully saturated rings. The van der Waals surface area contributed by atoms with Gasteiger partial charge in [0.15, 0.2) is 0 Å². The third-order valence-corrected chi connectivity index (χ3v) is 2.51.